The fraction of sp³-hybridized carbons (Fsp3) is 0.0909. The molecule has 1 N–H and O–H groups in total. The average Bonchev–Trinajstić information content (AvgIpc) is 2.92. The van der Waals surface area contributed by atoms with Gasteiger partial charge in [0.15, 0.2) is 0 Å². The smallest absolute Gasteiger partial charge is 0.354 e. The molecule has 0 saturated carbocycles. The van der Waals surface area contributed by atoms with Crippen molar-refractivity contribution in [1.29, 1.82) is 0 Å². The molecule has 2 aromatic rings. The van der Waals surface area contributed by atoms with Crippen LogP contribution in [0.1, 0.15) is 10.5 Å². The molecule has 0 aliphatic rings. The van der Waals surface area contributed by atoms with E-state index in [9.17, 15) is 13.2 Å². The molecule has 0 fully saturated rings. The first-order valence-electron chi connectivity index (χ1n) is 5.14. The summed E-state index contributed by atoms with van der Waals surface area (Å²) in [5, 5.41) is 10.5. The maximum Gasteiger partial charge on any atom is 0.354 e. The maximum absolute atomic E-state index is 12.2. The van der Waals surface area contributed by atoms with Crippen LogP contribution >= 0.6 is 11.3 Å². The number of sulfonamides is 1. The molecule has 0 aliphatic heterocycles. The summed E-state index contributed by atoms with van der Waals surface area (Å²) in [6.45, 7) is 0. The molecule has 0 unspecified atom stereocenters. The minimum Gasteiger partial charge on any atom is -0.477 e. The van der Waals surface area contributed by atoms with Gasteiger partial charge in [-0.2, -0.15) is 0 Å². The van der Waals surface area contributed by atoms with Gasteiger partial charge >= 0.3 is 5.97 Å². The van der Waals surface area contributed by atoms with Crippen molar-refractivity contribution in [1.82, 2.24) is 4.98 Å². The van der Waals surface area contributed by atoms with Crippen LogP contribution in [0.3, 0.4) is 0 Å². The number of aromatic carboxylic acids is 1. The monoisotopic (exact) mass is 298 g/mol. The number of carboxylic acids is 1. The van der Waals surface area contributed by atoms with Crippen molar-refractivity contribution in [2.45, 2.75) is 4.21 Å². The van der Waals surface area contributed by atoms with Gasteiger partial charge in [-0.25, -0.2) is 18.2 Å². The zero-order valence-corrected chi connectivity index (χ0v) is 11.5. The molecule has 0 aliphatic carbocycles. The first-order chi connectivity index (χ1) is 8.93. The van der Waals surface area contributed by atoms with Gasteiger partial charge in [-0.05, 0) is 23.6 Å². The predicted octanol–water partition coefficient (Wildman–Crippen LogP) is 1.67. The number of hydrogen-bond acceptors (Lipinski definition) is 5. The van der Waals surface area contributed by atoms with Gasteiger partial charge in [0.05, 0.1) is 5.69 Å². The molecular weight excluding hydrogens is 288 g/mol. The second-order valence-electron chi connectivity index (χ2n) is 3.61. The van der Waals surface area contributed by atoms with Crippen molar-refractivity contribution in [2.75, 3.05) is 11.4 Å². The van der Waals surface area contributed by atoms with Gasteiger partial charge in [0.2, 0.25) is 0 Å². The summed E-state index contributed by atoms with van der Waals surface area (Å²) in [5.74, 6) is -1.20. The van der Waals surface area contributed by atoms with Crippen LogP contribution in [-0.4, -0.2) is 31.5 Å². The number of aromatic nitrogens is 1. The van der Waals surface area contributed by atoms with E-state index in [1.54, 1.807) is 11.4 Å². The summed E-state index contributed by atoms with van der Waals surface area (Å²) in [4.78, 5) is 14.5. The molecule has 6 nitrogen and oxygen atoms in total. The van der Waals surface area contributed by atoms with Crippen molar-refractivity contribution in [3.05, 3.63) is 41.5 Å². The van der Waals surface area contributed by atoms with Crippen LogP contribution in [0.5, 0.6) is 0 Å². The van der Waals surface area contributed by atoms with Gasteiger partial charge in [0.25, 0.3) is 10.0 Å². The number of rotatable bonds is 4. The summed E-state index contributed by atoms with van der Waals surface area (Å²) in [5.41, 5.74) is 0.0477. The molecule has 8 heteroatoms. The lowest BCUT2D eigenvalue weighted by Crippen LogP contribution is -2.26. The van der Waals surface area contributed by atoms with Crippen molar-refractivity contribution < 1.29 is 18.3 Å². The van der Waals surface area contributed by atoms with Gasteiger partial charge in [-0.15, -0.1) is 11.3 Å². The van der Waals surface area contributed by atoms with Crippen molar-refractivity contribution in [2.24, 2.45) is 0 Å². The third kappa shape index (κ3) is 2.59. The number of carboxylic acid groups (broad SMARTS) is 1. The molecule has 2 aromatic heterocycles. The fourth-order valence-corrected chi connectivity index (χ4v) is 3.76. The highest BCUT2D eigenvalue weighted by molar-refractivity contribution is 7.94. The average molecular weight is 298 g/mol. The third-order valence-electron chi connectivity index (χ3n) is 2.44. The Morgan fingerprint density at radius 1 is 1.42 bits per heavy atom. The predicted molar refractivity (Wildman–Crippen MR) is 71.1 cm³/mol. The zero-order valence-electron chi connectivity index (χ0n) is 9.85. The molecule has 0 amide bonds. The zero-order chi connectivity index (χ0) is 14.0. The van der Waals surface area contributed by atoms with Crippen LogP contribution < -0.4 is 4.31 Å². The van der Waals surface area contributed by atoms with E-state index in [0.29, 0.717) is 0 Å². The molecule has 0 radical (unpaired) electrons. The topological polar surface area (TPSA) is 87.6 Å². The second kappa shape index (κ2) is 4.98. The van der Waals surface area contributed by atoms with Crippen molar-refractivity contribution in [3.8, 4) is 0 Å². The Kier molecular flexibility index (Phi) is 3.54. The van der Waals surface area contributed by atoms with Crippen LogP contribution in [0.4, 0.5) is 5.69 Å². The van der Waals surface area contributed by atoms with E-state index in [4.69, 9.17) is 5.11 Å². The van der Waals surface area contributed by atoms with Crippen LogP contribution in [0, 0.1) is 0 Å². The quantitative estimate of drug-likeness (QED) is 0.927. The normalized spacial score (nSPS) is 11.2. The van der Waals surface area contributed by atoms with E-state index >= 15 is 0 Å². The molecule has 0 bridgehead atoms. The molecule has 2 heterocycles. The lowest BCUT2D eigenvalue weighted by atomic mass is 10.3. The lowest BCUT2D eigenvalue weighted by molar-refractivity contribution is 0.0690. The number of anilines is 1. The van der Waals surface area contributed by atoms with Crippen molar-refractivity contribution >= 4 is 33.0 Å². The summed E-state index contributed by atoms with van der Waals surface area (Å²) >= 11 is 1.10. The summed E-state index contributed by atoms with van der Waals surface area (Å²) < 4.78 is 25.7. The van der Waals surface area contributed by atoms with Gasteiger partial charge in [0.1, 0.15) is 9.90 Å². The summed E-state index contributed by atoms with van der Waals surface area (Å²) in [6.07, 6.45) is 1.26. The third-order valence-corrected chi connectivity index (χ3v) is 5.59. The largest absolute Gasteiger partial charge is 0.477 e. The molecule has 19 heavy (non-hydrogen) atoms. The Bertz CT molecular complexity index is 695. The molecule has 0 spiro atoms. The van der Waals surface area contributed by atoms with Gasteiger partial charge in [-0.3, -0.25) is 4.31 Å². The molecule has 0 saturated heterocycles. The molecule has 0 atom stereocenters. The number of thiophene rings is 1. The number of carbonyl (C=O) groups is 1. The maximum atomic E-state index is 12.2. The molecular formula is C11H10N2O4S2. The van der Waals surface area contributed by atoms with E-state index in [1.807, 2.05) is 0 Å². The SMILES string of the molecule is CN(c1ccnc(C(=O)O)c1)S(=O)(=O)c1cccs1. The van der Waals surface area contributed by atoms with E-state index in [0.717, 1.165) is 15.6 Å². The Hall–Kier alpha value is -1.93. The van der Waals surface area contributed by atoms with E-state index < -0.39 is 16.0 Å². The van der Waals surface area contributed by atoms with Gasteiger partial charge < -0.3 is 5.11 Å². The van der Waals surface area contributed by atoms with Crippen LogP contribution in [0.25, 0.3) is 0 Å². The van der Waals surface area contributed by atoms with Crippen LogP contribution in [0.2, 0.25) is 0 Å². The fourth-order valence-electron chi connectivity index (χ4n) is 1.42. The van der Waals surface area contributed by atoms with Crippen molar-refractivity contribution in [3.63, 3.8) is 0 Å². The highest BCUT2D eigenvalue weighted by Crippen LogP contribution is 2.25. The molecule has 0 aromatic carbocycles. The first kappa shape index (κ1) is 13.5. The number of pyridine rings is 1. The van der Waals surface area contributed by atoms with Crippen LogP contribution in [-0.2, 0) is 10.0 Å². The number of nitrogens with zero attached hydrogens (tertiary/aromatic N) is 2. The van der Waals surface area contributed by atoms with Gasteiger partial charge in [0, 0.05) is 13.2 Å². The summed E-state index contributed by atoms with van der Waals surface area (Å²) in [7, 11) is -2.29. The Morgan fingerprint density at radius 3 is 2.74 bits per heavy atom. The summed E-state index contributed by atoms with van der Waals surface area (Å²) in [6, 6.07) is 5.79. The van der Waals surface area contributed by atoms with Gasteiger partial charge in [-0.1, -0.05) is 6.07 Å². The minimum atomic E-state index is -3.66. The Balaban J connectivity index is 2.42. The highest BCUT2D eigenvalue weighted by Gasteiger charge is 2.23. The minimum absolute atomic E-state index is 0.198. The van der Waals surface area contributed by atoms with E-state index in [1.165, 1.54) is 31.4 Å². The Labute approximate surface area is 114 Å². The highest BCUT2D eigenvalue weighted by atomic mass is 32.2. The number of hydrogen-bond donors (Lipinski definition) is 1. The van der Waals surface area contributed by atoms with Crippen LogP contribution in [0.15, 0.2) is 40.1 Å². The lowest BCUT2D eigenvalue weighted by Gasteiger charge is -2.18. The molecule has 100 valence electrons. The first-order valence-corrected chi connectivity index (χ1v) is 7.46. The standard InChI is InChI=1S/C11H10N2O4S2/c1-13(19(16,17)10-3-2-6-18-10)8-4-5-12-9(7-8)11(14)15/h2-7H,1H3,(H,14,15). The van der Waals surface area contributed by atoms with E-state index in [-0.39, 0.29) is 15.6 Å². The Morgan fingerprint density at radius 2 is 2.16 bits per heavy atom. The second-order valence-corrected chi connectivity index (χ2v) is 6.75. The van der Waals surface area contributed by atoms with E-state index in [2.05, 4.69) is 4.98 Å². The molecule has 2 rings (SSSR count).